The van der Waals surface area contributed by atoms with E-state index in [4.69, 9.17) is 7.57 Å². The van der Waals surface area contributed by atoms with Crippen LogP contribution in [0.5, 0.6) is 0 Å². The van der Waals surface area contributed by atoms with Gasteiger partial charge in [0.1, 0.15) is 0 Å². The number of rotatable bonds is 2. The molecule has 0 heterocycles. The van der Waals surface area contributed by atoms with Gasteiger partial charge in [0.05, 0.1) is 10.6 Å². The minimum absolute atomic E-state index is 1.09. The second-order valence-electron chi connectivity index (χ2n) is 4.15. The highest BCUT2D eigenvalue weighted by Crippen LogP contribution is 2.27. The maximum absolute atomic E-state index is 6.36. The van der Waals surface area contributed by atoms with Crippen LogP contribution in [0.3, 0.4) is 0 Å². The van der Waals surface area contributed by atoms with Crippen LogP contribution in [0, 0.1) is 13.8 Å². The molecule has 0 atom stereocenters. The molecule has 2 rings (SSSR count). The van der Waals surface area contributed by atoms with Crippen molar-refractivity contribution in [2.75, 3.05) is 0 Å². The molecule has 0 fully saturated rings. The van der Waals surface area contributed by atoms with Gasteiger partial charge in [-0.25, -0.2) is 0 Å². The van der Waals surface area contributed by atoms with E-state index in [9.17, 15) is 0 Å². The zero-order chi connectivity index (χ0) is 11.5. The lowest BCUT2D eigenvalue weighted by molar-refractivity contribution is 1.49. The Kier molecular flexibility index (Phi) is 3.46. The van der Waals surface area contributed by atoms with Crippen LogP contribution in [0.1, 0.15) is 11.1 Å². The van der Waals surface area contributed by atoms with Gasteiger partial charge in [-0.2, -0.15) is 0 Å². The molecular formula is C14H15BP+. The molecule has 0 aromatic heterocycles. The second kappa shape index (κ2) is 4.85. The van der Waals surface area contributed by atoms with Crippen LogP contribution >= 0.6 is 7.80 Å². The van der Waals surface area contributed by atoms with Gasteiger partial charge < -0.3 is 0 Å². The van der Waals surface area contributed by atoms with Crippen LogP contribution in [0.15, 0.2) is 48.5 Å². The van der Waals surface area contributed by atoms with Crippen LogP contribution < -0.4 is 10.6 Å². The summed E-state index contributed by atoms with van der Waals surface area (Å²) in [7, 11) is 5.27. The van der Waals surface area contributed by atoms with Crippen molar-refractivity contribution >= 4 is 26.0 Å². The van der Waals surface area contributed by atoms with Crippen LogP contribution in [0.4, 0.5) is 0 Å². The summed E-state index contributed by atoms with van der Waals surface area (Å²) >= 11 is 0. The van der Waals surface area contributed by atoms with Crippen molar-refractivity contribution in [1.29, 1.82) is 0 Å². The lowest BCUT2D eigenvalue weighted by Gasteiger charge is -2.06. The van der Waals surface area contributed by atoms with Gasteiger partial charge in [-0.3, -0.25) is 0 Å². The largest absolute Gasteiger partial charge is 0.374 e. The number of benzene rings is 2. The Balaban J connectivity index is 2.35. The fraction of sp³-hybridized carbons (Fsp3) is 0.143. The average Bonchev–Trinajstić information content (AvgIpc) is 2.28. The standard InChI is InChI=1S/C14H15BP/c1-11-5-3-7-13(9-11)16(15)14-8-4-6-12(2)10-14/h3-10,16H,1-2H3/q+1. The summed E-state index contributed by atoms with van der Waals surface area (Å²) < 4.78 is 0. The molecule has 0 aliphatic carbocycles. The summed E-state index contributed by atoms with van der Waals surface area (Å²) in [6, 6.07) is 17.0. The SMILES string of the molecule is [B][PH+](c1cccc(C)c1)c1cccc(C)c1. The maximum atomic E-state index is 6.36. The van der Waals surface area contributed by atoms with E-state index in [-0.39, 0.29) is 0 Å². The van der Waals surface area contributed by atoms with Crippen molar-refractivity contribution in [2.45, 2.75) is 13.8 Å². The quantitative estimate of drug-likeness (QED) is 0.544. The number of hydrogen-bond acceptors (Lipinski definition) is 0. The highest BCUT2D eigenvalue weighted by Gasteiger charge is 2.16. The fourth-order valence-electron chi connectivity index (χ4n) is 1.79. The highest BCUT2D eigenvalue weighted by molar-refractivity contribution is 7.94. The smallest absolute Gasteiger partial charge is 0.0590 e. The van der Waals surface area contributed by atoms with E-state index in [1.54, 1.807) is 0 Å². The van der Waals surface area contributed by atoms with Crippen molar-refractivity contribution in [1.82, 2.24) is 0 Å². The summed E-state index contributed by atoms with van der Waals surface area (Å²) in [5.41, 5.74) is 2.55. The van der Waals surface area contributed by atoms with Crippen molar-refractivity contribution in [2.24, 2.45) is 0 Å². The normalized spacial score (nSPS) is 10.7. The molecule has 2 heteroatoms. The van der Waals surface area contributed by atoms with E-state index in [0.717, 1.165) is 0 Å². The van der Waals surface area contributed by atoms with E-state index in [1.807, 2.05) is 0 Å². The first-order valence-electron chi connectivity index (χ1n) is 5.43. The Morgan fingerprint density at radius 1 is 0.812 bits per heavy atom. The van der Waals surface area contributed by atoms with Crippen LogP contribution in [-0.4, -0.2) is 7.57 Å². The molecule has 0 aliphatic rings. The predicted molar refractivity (Wildman–Crippen MR) is 75.7 cm³/mol. The molecule has 0 N–H and O–H groups in total. The molecule has 0 aliphatic heterocycles. The zero-order valence-electron chi connectivity index (χ0n) is 9.70. The van der Waals surface area contributed by atoms with Gasteiger partial charge in [-0.05, 0) is 49.2 Å². The first kappa shape index (κ1) is 11.4. The van der Waals surface area contributed by atoms with Gasteiger partial charge in [0.2, 0.25) is 0 Å². The molecule has 0 saturated heterocycles. The molecule has 0 bridgehead atoms. The predicted octanol–water partition coefficient (Wildman–Crippen LogP) is 2.55. The monoisotopic (exact) mass is 225 g/mol. The summed E-state index contributed by atoms with van der Waals surface area (Å²) in [6.45, 7) is 4.21. The first-order chi connectivity index (χ1) is 7.66. The Bertz CT molecular complexity index is 448. The summed E-state index contributed by atoms with van der Waals surface area (Å²) in [4.78, 5) is 0. The minimum Gasteiger partial charge on any atom is -0.0590 e. The molecule has 0 nitrogen and oxygen atoms in total. The van der Waals surface area contributed by atoms with Crippen molar-refractivity contribution in [3.05, 3.63) is 59.7 Å². The van der Waals surface area contributed by atoms with Crippen LogP contribution in [0.2, 0.25) is 0 Å². The Labute approximate surface area is 99.8 Å². The van der Waals surface area contributed by atoms with E-state index < -0.39 is 7.80 Å². The Morgan fingerprint density at radius 3 is 1.62 bits per heavy atom. The summed E-state index contributed by atoms with van der Waals surface area (Å²) in [5, 5.41) is 2.55. The lowest BCUT2D eigenvalue weighted by atomic mass is 10.2. The third-order valence-corrected chi connectivity index (χ3v) is 4.52. The molecule has 0 unspecified atom stereocenters. The van der Waals surface area contributed by atoms with E-state index in [2.05, 4.69) is 62.4 Å². The van der Waals surface area contributed by atoms with Gasteiger partial charge in [0.15, 0.2) is 0 Å². The molecule has 2 aromatic carbocycles. The number of aryl methyl sites for hydroxylation is 2. The van der Waals surface area contributed by atoms with Crippen LogP contribution in [0.25, 0.3) is 0 Å². The fourth-order valence-corrected chi connectivity index (χ4v) is 3.44. The van der Waals surface area contributed by atoms with Crippen molar-refractivity contribution in [3.8, 4) is 0 Å². The highest BCUT2D eigenvalue weighted by atomic mass is 31.1. The van der Waals surface area contributed by atoms with E-state index in [0.29, 0.717) is 0 Å². The third-order valence-electron chi connectivity index (χ3n) is 2.66. The summed E-state index contributed by atoms with van der Waals surface area (Å²) in [5.74, 6) is 0. The molecule has 0 spiro atoms. The molecule has 78 valence electrons. The molecule has 0 amide bonds. The van der Waals surface area contributed by atoms with E-state index >= 15 is 0 Å². The van der Waals surface area contributed by atoms with Gasteiger partial charge >= 0.3 is 7.57 Å². The van der Waals surface area contributed by atoms with Gasteiger partial charge in [0, 0.05) is 7.80 Å². The zero-order valence-corrected chi connectivity index (χ0v) is 10.7. The number of hydrogen-bond donors (Lipinski definition) is 0. The molecule has 2 radical (unpaired) electrons. The molecule has 16 heavy (non-hydrogen) atoms. The topological polar surface area (TPSA) is 0 Å². The van der Waals surface area contributed by atoms with Crippen LogP contribution in [-0.2, 0) is 0 Å². The minimum atomic E-state index is -1.09. The third kappa shape index (κ3) is 2.54. The van der Waals surface area contributed by atoms with Gasteiger partial charge in [-0.1, -0.05) is 24.3 Å². The summed E-state index contributed by atoms with van der Waals surface area (Å²) in [6.07, 6.45) is 0. The van der Waals surface area contributed by atoms with Crippen molar-refractivity contribution < 1.29 is 0 Å². The average molecular weight is 225 g/mol. The van der Waals surface area contributed by atoms with Crippen molar-refractivity contribution in [3.63, 3.8) is 0 Å². The second-order valence-corrected chi connectivity index (χ2v) is 6.13. The molecule has 0 saturated carbocycles. The Hall–Kier alpha value is -1.07. The van der Waals surface area contributed by atoms with Gasteiger partial charge in [-0.15, -0.1) is 0 Å². The first-order valence-corrected chi connectivity index (χ1v) is 7.01. The Morgan fingerprint density at radius 2 is 1.25 bits per heavy atom. The molecule has 2 aromatic rings. The van der Waals surface area contributed by atoms with E-state index in [1.165, 1.54) is 21.7 Å². The molecular weight excluding hydrogens is 210 g/mol. The van der Waals surface area contributed by atoms with Gasteiger partial charge in [0.25, 0.3) is 0 Å². The maximum Gasteiger partial charge on any atom is 0.374 e. The lowest BCUT2D eigenvalue weighted by Crippen LogP contribution is -2.12.